The summed E-state index contributed by atoms with van der Waals surface area (Å²) in [5, 5.41) is 1.70. The lowest BCUT2D eigenvalue weighted by Crippen LogP contribution is -2.53. The maximum atomic E-state index is 11.8. The van der Waals surface area contributed by atoms with Gasteiger partial charge in [0.2, 0.25) is 5.91 Å². The van der Waals surface area contributed by atoms with Crippen LogP contribution in [0.1, 0.15) is 5.56 Å². The molecule has 0 unspecified atom stereocenters. The Balaban J connectivity index is 1.82. The monoisotopic (exact) mass is 309 g/mol. The molecule has 4 nitrogen and oxygen atoms in total. The van der Waals surface area contributed by atoms with Crippen molar-refractivity contribution in [1.29, 1.82) is 0 Å². The lowest BCUT2D eigenvalue weighted by molar-refractivity contribution is -0.133. The zero-order chi connectivity index (χ0) is 14.4. The van der Waals surface area contributed by atoms with Crippen molar-refractivity contribution in [1.82, 2.24) is 9.88 Å². The van der Waals surface area contributed by atoms with Crippen molar-refractivity contribution in [2.45, 2.75) is 6.92 Å². The van der Waals surface area contributed by atoms with E-state index in [9.17, 15) is 4.79 Å². The minimum atomic E-state index is 0.0913. The second-order valence-corrected chi connectivity index (χ2v) is 6.76. The van der Waals surface area contributed by atoms with Crippen molar-refractivity contribution < 1.29 is 4.79 Å². The number of benzene rings is 1. The van der Waals surface area contributed by atoms with Crippen LogP contribution in [-0.2, 0) is 4.79 Å². The summed E-state index contributed by atoms with van der Waals surface area (Å²) in [6.45, 7) is 3.53. The first-order valence-electron chi connectivity index (χ1n) is 6.49. The summed E-state index contributed by atoms with van der Waals surface area (Å²) in [7, 11) is 3.59. The Morgan fingerprint density at radius 2 is 2.15 bits per heavy atom. The van der Waals surface area contributed by atoms with Gasteiger partial charge in [-0.2, -0.15) is 0 Å². The van der Waals surface area contributed by atoms with E-state index in [4.69, 9.17) is 11.6 Å². The molecule has 1 aromatic carbocycles. The summed E-state index contributed by atoms with van der Waals surface area (Å²) < 4.78 is 1.03. The number of thiazole rings is 1. The number of aromatic nitrogens is 1. The predicted octanol–water partition coefficient (Wildman–Crippen LogP) is 2.78. The molecule has 2 aromatic rings. The molecule has 0 spiro atoms. The molecule has 1 aliphatic rings. The summed E-state index contributed by atoms with van der Waals surface area (Å²) >= 11 is 7.82. The van der Waals surface area contributed by atoms with Gasteiger partial charge < -0.3 is 9.80 Å². The zero-order valence-electron chi connectivity index (χ0n) is 11.7. The van der Waals surface area contributed by atoms with Gasteiger partial charge in [-0.1, -0.05) is 29.0 Å². The van der Waals surface area contributed by atoms with Crippen LogP contribution in [0.2, 0.25) is 5.02 Å². The van der Waals surface area contributed by atoms with Gasteiger partial charge in [0, 0.05) is 27.2 Å². The molecular weight excluding hydrogens is 294 g/mol. The van der Waals surface area contributed by atoms with Gasteiger partial charge in [0.15, 0.2) is 5.13 Å². The summed E-state index contributed by atoms with van der Waals surface area (Å²) in [6.07, 6.45) is 0. The Morgan fingerprint density at radius 3 is 2.75 bits per heavy atom. The molecule has 2 heterocycles. The van der Waals surface area contributed by atoms with E-state index in [1.807, 2.05) is 19.1 Å². The van der Waals surface area contributed by atoms with Crippen LogP contribution in [0.4, 0.5) is 5.13 Å². The van der Waals surface area contributed by atoms with Gasteiger partial charge in [-0.05, 0) is 18.6 Å². The lowest BCUT2D eigenvalue weighted by Gasteiger charge is -2.39. The largest absolute Gasteiger partial charge is 0.348 e. The SMILES string of the molecule is Cc1ccc(Cl)c2sc(N3CC(C(=O)N(C)C)C3)nc12. The standard InChI is InChI=1S/C14H16ClN3OS/c1-8-4-5-10(15)12-11(8)16-14(20-12)18-6-9(7-18)13(19)17(2)3/h4-5,9H,6-7H2,1-3H3. The first-order chi connectivity index (χ1) is 9.47. The molecule has 0 atom stereocenters. The highest BCUT2D eigenvalue weighted by molar-refractivity contribution is 7.22. The minimum absolute atomic E-state index is 0.0913. The van der Waals surface area contributed by atoms with E-state index >= 15 is 0 Å². The van der Waals surface area contributed by atoms with Crippen molar-refractivity contribution in [2.75, 3.05) is 32.1 Å². The van der Waals surface area contributed by atoms with Gasteiger partial charge in [0.05, 0.1) is 21.2 Å². The first-order valence-corrected chi connectivity index (χ1v) is 7.68. The number of nitrogens with zero attached hydrogens (tertiary/aromatic N) is 3. The van der Waals surface area contributed by atoms with Crippen molar-refractivity contribution in [3.63, 3.8) is 0 Å². The fourth-order valence-electron chi connectivity index (χ4n) is 2.38. The van der Waals surface area contributed by atoms with E-state index in [1.165, 1.54) is 0 Å². The molecule has 0 bridgehead atoms. The number of fused-ring (bicyclic) bond motifs is 1. The molecule has 1 aromatic heterocycles. The Morgan fingerprint density at radius 1 is 1.45 bits per heavy atom. The Kier molecular flexibility index (Phi) is 3.34. The molecule has 1 saturated heterocycles. The van der Waals surface area contributed by atoms with Crippen LogP contribution in [0.5, 0.6) is 0 Å². The molecule has 0 aliphatic carbocycles. The Bertz CT molecular complexity index is 637. The molecule has 1 fully saturated rings. The minimum Gasteiger partial charge on any atom is -0.348 e. The molecule has 20 heavy (non-hydrogen) atoms. The summed E-state index contributed by atoms with van der Waals surface area (Å²) in [6, 6.07) is 3.90. The van der Waals surface area contributed by atoms with E-state index in [1.54, 1.807) is 30.3 Å². The second-order valence-electron chi connectivity index (χ2n) is 5.37. The molecule has 3 rings (SSSR count). The van der Waals surface area contributed by atoms with Crippen LogP contribution in [0.3, 0.4) is 0 Å². The molecule has 0 radical (unpaired) electrons. The smallest absolute Gasteiger partial charge is 0.228 e. The predicted molar refractivity (Wildman–Crippen MR) is 83.8 cm³/mol. The molecule has 1 amide bonds. The average molecular weight is 310 g/mol. The third-order valence-electron chi connectivity index (χ3n) is 3.63. The van der Waals surface area contributed by atoms with E-state index in [-0.39, 0.29) is 11.8 Å². The highest BCUT2D eigenvalue weighted by Gasteiger charge is 2.35. The lowest BCUT2D eigenvalue weighted by atomic mass is 10.00. The number of carbonyl (C=O) groups excluding carboxylic acids is 1. The summed E-state index contributed by atoms with van der Waals surface area (Å²) in [4.78, 5) is 20.3. The fourth-order valence-corrected chi connectivity index (χ4v) is 3.72. The van der Waals surface area contributed by atoms with Gasteiger partial charge in [0.1, 0.15) is 0 Å². The van der Waals surface area contributed by atoms with Crippen LogP contribution in [-0.4, -0.2) is 43.0 Å². The number of hydrogen-bond acceptors (Lipinski definition) is 4. The summed E-state index contributed by atoms with van der Waals surface area (Å²) in [5.41, 5.74) is 2.10. The normalized spacial score (nSPS) is 15.5. The van der Waals surface area contributed by atoms with Crippen LogP contribution >= 0.6 is 22.9 Å². The molecule has 0 N–H and O–H groups in total. The van der Waals surface area contributed by atoms with Crippen molar-refractivity contribution in [2.24, 2.45) is 5.92 Å². The van der Waals surface area contributed by atoms with Gasteiger partial charge in [-0.15, -0.1) is 0 Å². The number of rotatable bonds is 2. The average Bonchev–Trinajstić information content (AvgIpc) is 2.78. The number of anilines is 1. The summed E-state index contributed by atoms with van der Waals surface area (Å²) in [5.74, 6) is 0.283. The van der Waals surface area contributed by atoms with E-state index in [0.717, 1.165) is 39.0 Å². The third-order valence-corrected chi connectivity index (χ3v) is 5.20. The number of carbonyl (C=O) groups is 1. The zero-order valence-corrected chi connectivity index (χ0v) is 13.3. The fraction of sp³-hybridized carbons (Fsp3) is 0.429. The Hall–Kier alpha value is -1.33. The number of halogens is 1. The molecular formula is C14H16ClN3OS. The van der Waals surface area contributed by atoms with Crippen molar-refractivity contribution in [3.8, 4) is 0 Å². The number of aryl methyl sites for hydroxylation is 1. The third kappa shape index (κ3) is 2.15. The first kappa shape index (κ1) is 13.6. The molecule has 6 heteroatoms. The van der Waals surface area contributed by atoms with Gasteiger partial charge in [-0.25, -0.2) is 4.98 Å². The van der Waals surface area contributed by atoms with Gasteiger partial charge in [-0.3, -0.25) is 4.79 Å². The topological polar surface area (TPSA) is 36.4 Å². The number of hydrogen-bond donors (Lipinski definition) is 0. The van der Waals surface area contributed by atoms with Gasteiger partial charge >= 0.3 is 0 Å². The van der Waals surface area contributed by atoms with E-state index in [2.05, 4.69) is 9.88 Å². The molecule has 0 saturated carbocycles. The van der Waals surface area contributed by atoms with Crippen molar-refractivity contribution >= 4 is 44.2 Å². The van der Waals surface area contributed by atoms with E-state index < -0.39 is 0 Å². The van der Waals surface area contributed by atoms with Crippen molar-refractivity contribution in [3.05, 3.63) is 22.7 Å². The van der Waals surface area contributed by atoms with E-state index in [0.29, 0.717) is 0 Å². The highest BCUT2D eigenvalue weighted by Crippen LogP contribution is 2.37. The quantitative estimate of drug-likeness (QED) is 0.856. The molecule has 1 aliphatic heterocycles. The highest BCUT2D eigenvalue weighted by atomic mass is 35.5. The van der Waals surface area contributed by atoms with Crippen LogP contribution < -0.4 is 4.90 Å². The maximum absolute atomic E-state index is 11.8. The van der Waals surface area contributed by atoms with Crippen LogP contribution in [0.15, 0.2) is 12.1 Å². The van der Waals surface area contributed by atoms with Crippen LogP contribution in [0, 0.1) is 12.8 Å². The second kappa shape index (κ2) is 4.90. The maximum Gasteiger partial charge on any atom is 0.228 e. The Labute approximate surface area is 127 Å². The number of amides is 1. The molecule has 106 valence electrons. The van der Waals surface area contributed by atoms with Crippen LogP contribution in [0.25, 0.3) is 10.2 Å². The van der Waals surface area contributed by atoms with Gasteiger partial charge in [0.25, 0.3) is 0 Å².